The first-order chi connectivity index (χ1) is 6.22. The number of carbonyl (C=O) groups excluding carboxylic acids is 1. The molecule has 1 N–H and O–H groups in total. The smallest absolute Gasteiger partial charge is 0.331 e. The Kier molecular flexibility index (Phi) is 3.76. The van der Waals surface area contributed by atoms with Gasteiger partial charge < -0.3 is 15.0 Å². The number of likely N-dealkylation sites (tertiary alicyclic amines) is 1. The summed E-state index contributed by atoms with van der Waals surface area (Å²) in [6.07, 6.45) is 4.19. The Hall–Kier alpha value is -1.03. The van der Waals surface area contributed by atoms with Crippen molar-refractivity contribution in [1.82, 2.24) is 10.2 Å². The van der Waals surface area contributed by atoms with Crippen LogP contribution in [0, 0.1) is 0 Å². The molecule has 74 valence electrons. The molecule has 0 saturated carbocycles. The standard InChI is InChI=1S/C9H16N2O2/c1-11-6-4-8(7-11)10-5-3-9(12)13-2/h3,5,8,10H,4,6-7H2,1-2H3/b5-3+. The van der Waals surface area contributed by atoms with Crippen LogP contribution >= 0.6 is 0 Å². The van der Waals surface area contributed by atoms with E-state index in [2.05, 4.69) is 22.0 Å². The van der Waals surface area contributed by atoms with E-state index in [1.807, 2.05) is 0 Å². The van der Waals surface area contributed by atoms with Gasteiger partial charge in [0.1, 0.15) is 0 Å². The fraction of sp³-hybridized carbons (Fsp3) is 0.667. The van der Waals surface area contributed by atoms with Gasteiger partial charge in [0.05, 0.1) is 7.11 Å². The number of carbonyl (C=O) groups is 1. The molecule has 1 heterocycles. The van der Waals surface area contributed by atoms with Gasteiger partial charge in [-0.2, -0.15) is 0 Å². The molecule has 1 unspecified atom stereocenters. The number of hydrogen-bond donors (Lipinski definition) is 1. The molecule has 0 aliphatic carbocycles. The second kappa shape index (κ2) is 4.87. The van der Waals surface area contributed by atoms with Crippen LogP contribution in [0.1, 0.15) is 6.42 Å². The van der Waals surface area contributed by atoms with Gasteiger partial charge >= 0.3 is 5.97 Å². The number of nitrogens with one attached hydrogen (secondary N) is 1. The number of hydrogen-bond acceptors (Lipinski definition) is 4. The normalized spacial score (nSPS) is 23.7. The van der Waals surface area contributed by atoms with Gasteiger partial charge in [-0.15, -0.1) is 0 Å². The zero-order valence-electron chi connectivity index (χ0n) is 8.12. The fourth-order valence-corrected chi connectivity index (χ4v) is 1.39. The maximum atomic E-state index is 10.7. The van der Waals surface area contributed by atoms with Crippen LogP contribution in [0.5, 0.6) is 0 Å². The third kappa shape index (κ3) is 3.46. The second-order valence-electron chi connectivity index (χ2n) is 3.27. The minimum absolute atomic E-state index is 0.321. The van der Waals surface area contributed by atoms with Crippen LogP contribution in [0.25, 0.3) is 0 Å². The Bertz CT molecular complexity index is 204. The lowest BCUT2D eigenvalue weighted by molar-refractivity contribution is -0.134. The van der Waals surface area contributed by atoms with Gasteiger partial charge in [-0.05, 0) is 20.0 Å². The molecule has 0 bridgehead atoms. The van der Waals surface area contributed by atoms with Crippen LogP contribution < -0.4 is 5.32 Å². The van der Waals surface area contributed by atoms with E-state index in [9.17, 15) is 4.79 Å². The number of methoxy groups -OCH3 is 1. The predicted molar refractivity (Wildman–Crippen MR) is 50.2 cm³/mol. The maximum Gasteiger partial charge on any atom is 0.331 e. The molecule has 1 fully saturated rings. The monoisotopic (exact) mass is 184 g/mol. The van der Waals surface area contributed by atoms with Gasteiger partial charge in [-0.1, -0.05) is 0 Å². The van der Waals surface area contributed by atoms with E-state index in [0.717, 1.165) is 19.5 Å². The van der Waals surface area contributed by atoms with E-state index >= 15 is 0 Å². The maximum absolute atomic E-state index is 10.7. The van der Waals surface area contributed by atoms with Crippen LogP contribution in [0.4, 0.5) is 0 Å². The van der Waals surface area contributed by atoms with Crippen molar-refractivity contribution < 1.29 is 9.53 Å². The lowest BCUT2D eigenvalue weighted by Crippen LogP contribution is -2.27. The highest BCUT2D eigenvalue weighted by molar-refractivity contribution is 5.81. The van der Waals surface area contributed by atoms with E-state index in [4.69, 9.17) is 0 Å². The molecular weight excluding hydrogens is 168 g/mol. The Morgan fingerprint density at radius 3 is 3.00 bits per heavy atom. The quantitative estimate of drug-likeness (QED) is 0.494. The first kappa shape index (κ1) is 10.1. The summed E-state index contributed by atoms with van der Waals surface area (Å²) < 4.78 is 4.46. The van der Waals surface area contributed by atoms with Crippen LogP contribution in [-0.2, 0) is 9.53 Å². The number of nitrogens with zero attached hydrogens (tertiary/aromatic N) is 1. The van der Waals surface area contributed by atoms with Crippen LogP contribution in [0.15, 0.2) is 12.3 Å². The molecule has 4 nitrogen and oxygen atoms in total. The molecule has 13 heavy (non-hydrogen) atoms. The summed E-state index contributed by atoms with van der Waals surface area (Å²) in [4.78, 5) is 12.9. The average molecular weight is 184 g/mol. The molecule has 0 amide bonds. The highest BCUT2D eigenvalue weighted by Gasteiger charge is 2.17. The number of likely N-dealkylation sites (N-methyl/N-ethyl adjacent to an activating group) is 1. The van der Waals surface area contributed by atoms with Gasteiger partial charge in [0.2, 0.25) is 0 Å². The van der Waals surface area contributed by atoms with Gasteiger partial charge in [0, 0.05) is 24.9 Å². The van der Waals surface area contributed by atoms with Crippen molar-refractivity contribution in [2.75, 3.05) is 27.2 Å². The molecule has 1 aliphatic heterocycles. The van der Waals surface area contributed by atoms with Crippen molar-refractivity contribution in [2.24, 2.45) is 0 Å². The van der Waals surface area contributed by atoms with Crippen molar-refractivity contribution >= 4 is 5.97 Å². The van der Waals surface area contributed by atoms with Gasteiger partial charge in [0.25, 0.3) is 0 Å². The lowest BCUT2D eigenvalue weighted by atomic mass is 10.3. The van der Waals surface area contributed by atoms with Crippen molar-refractivity contribution in [3.8, 4) is 0 Å². The van der Waals surface area contributed by atoms with Crippen molar-refractivity contribution in [2.45, 2.75) is 12.5 Å². The SMILES string of the molecule is COC(=O)/C=C/NC1CCN(C)C1. The molecular formula is C9H16N2O2. The van der Waals surface area contributed by atoms with Gasteiger partial charge in [-0.3, -0.25) is 0 Å². The van der Waals surface area contributed by atoms with Gasteiger partial charge in [-0.25, -0.2) is 4.79 Å². The minimum Gasteiger partial charge on any atom is -0.466 e. The molecule has 1 rings (SSSR count). The largest absolute Gasteiger partial charge is 0.466 e. The molecule has 1 atom stereocenters. The molecule has 1 aliphatic rings. The summed E-state index contributed by atoms with van der Waals surface area (Å²) >= 11 is 0. The minimum atomic E-state index is -0.321. The predicted octanol–water partition coefficient (Wildman–Crippen LogP) is -0.0332. The van der Waals surface area contributed by atoms with Crippen LogP contribution in [0.2, 0.25) is 0 Å². The zero-order chi connectivity index (χ0) is 9.68. The summed E-state index contributed by atoms with van der Waals surface area (Å²) in [5.41, 5.74) is 0. The second-order valence-corrected chi connectivity index (χ2v) is 3.27. The summed E-state index contributed by atoms with van der Waals surface area (Å²) in [6.45, 7) is 2.15. The third-order valence-electron chi connectivity index (χ3n) is 2.14. The van der Waals surface area contributed by atoms with Crippen molar-refractivity contribution in [3.05, 3.63) is 12.3 Å². The van der Waals surface area contributed by atoms with Crippen LogP contribution in [0.3, 0.4) is 0 Å². The topological polar surface area (TPSA) is 41.6 Å². The van der Waals surface area contributed by atoms with E-state index in [0.29, 0.717) is 6.04 Å². The first-order valence-corrected chi connectivity index (χ1v) is 4.41. The molecule has 1 saturated heterocycles. The summed E-state index contributed by atoms with van der Waals surface area (Å²) in [5.74, 6) is -0.321. The number of ether oxygens (including phenoxy) is 1. The number of esters is 1. The van der Waals surface area contributed by atoms with E-state index in [1.165, 1.54) is 13.2 Å². The highest BCUT2D eigenvalue weighted by Crippen LogP contribution is 2.05. The third-order valence-corrected chi connectivity index (χ3v) is 2.14. The fourth-order valence-electron chi connectivity index (χ4n) is 1.39. The van der Waals surface area contributed by atoms with Crippen molar-refractivity contribution in [1.29, 1.82) is 0 Å². The zero-order valence-corrected chi connectivity index (χ0v) is 8.12. The Morgan fingerprint density at radius 2 is 2.46 bits per heavy atom. The number of rotatable bonds is 3. The van der Waals surface area contributed by atoms with Gasteiger partial charge in [0.15, 0.2) is 0 Å². The Balaban J connectivity index is 2.19. The van der Waals surface area contributed by atoms with E-state index in [1.54, 1.807) is 6.20 Å². The van der Waals surface area contributed by atoms with E-state index in [-0.39, 0.29) is 5.97 Å². The Labute approximate surface area is 78.5 Å². The van der Waals surface area contributed by atoms with Crippen LogP contribution in [-0.4, -0.2) is 44.2 Å². The lowest BCUT2D eigenvalue weighted by Gasteiger charge is -2.09. The molecule has 0 aromatic heterocycles. The molecule has 4 heteroatoms. The molecule has 0 spiro atoms. The summed E-state index contributed by atoms with van der Waals surface area (Å²) in [7, 11) is 3.46. The van der Waals surface area contributed by atoms with Crippen molar-refractivity contribution in [3.63, 3.8) is 0 Å². The molecule has 0 radical (unpaired) electrons. The summed E-state index contributed by atoms with van der Waals surface area (Å²) in [5, 5.41) is 3.15. The highest BCUT2D eigenvalue weighted by atomic mass is 16.5. The molecule has 0 aromatic rings. The average Bonchev–Trinajstić information content (AvgIpc) is 2.51. The molecule has 0 aromatic carbocycles. The summed E-state index contributed by atoms with van der Waals surface area (Å²) in [6, 6.07) is 0.464. The van der Waals surface area contributed by atoms with E-state index < -0.39 is 0 Å². The first-order valence-electron chi connectivity index (χ1n) is 4.41. The Morgan fingerprint density at radius 1 is 1.69 bits per heavy atom.